The van der Waals surface area contributed by atoms with Gasteiger partial charge >= 0.3 is 12.1 Å². The molecule has 0 aromatic heterocycles. The highest BCUT2D eigenvalue weighted by atomic mass is 19.4. The summed E-state index contributed by atoms with van der Waals surface area (Å²) in [5.74, 6) is 5.89. The van der Waals surface area contributed by atoms with Crippen molar-refractivity contribution in [2.75, 3.05) is 13.2 Å². The summed E-state index contributed by atoms with van der Waals surface area (Å²) in [6.07, 6.45) is -3.68. The van der Waals surface area contributed by atoms with Gasteiger partial charge in [0.25, 0.3) is 0 Å². The van der Waals surface area contributed by atoms with Crippen LogP contribution in [0.1, 0.15) is 49.4 Å². The lowest BCUT2D eigenvalue weighted by molar-refractivity contribution is -0.150. The summed E-state index contributed by atoms with van der Waals surface area (Å²) in [5.41, 5.74) is 1.75. The van der Waals surface area contributed by atoms with Gasteiger partial charge in [-0.3, -0.25) is 9.69 Å². The van der Waals surface area contributed by atoms with Gasteiger partial charge in [0.15, 0.2) is 0 Å². The Morgan fingerprint density at radius 1 is 1.14 bits per heavy atom. The molecule has 0 amide bonds. The third-order valence-electron chi connectivity index (χ3n) is 5.79. The number of rotatable bonds is 7. The second-order valence-corrected chi connectivity index (χ2v) is 8.70. The number of carbonyl (C=O) groups excluding carboxylic acids is 1. The van der Waals surface area contributed by atoms with Gasteiger partial charge in [-0.15, -0.1) is 0 Å². The lowest BCUT2D eigenvalue weighted by Gasteiger charge is -2.42. The highest BCUT2D eigenvalue weighted by Gasteiger charge is 2.36. The van der Waals surface area contributed by atoms with Crippen LogP contribution in [0.5, 0.6) is 0 Å². The largest absolute Gasteiger partial charge is 0.462 e. The number of piperidine rings is 1. The van der Waals surface area contributed by atoms with Crippen molar-refractivity contribution in [1.82, 2.24) is 4.90 Å². The van der Waals surface area contributed by atoms with Crippen LogP contribution in [-0.4, -0.2) is 36.2 Å². The number of halogens is 3. The van der Waals surface area contributed by atoms with Crippen LogP contribution in [0.15, 0.2) is 66.7 Å². The fourth-order valence-corrected chi connectivity index (χ4v) is 4.18. The van der Waals surface area contributed by atoms with Gasteiger partial charge in [-0.25, -0.2) is 0 Å². The van der Waals surface area contributed by atoms with Crippen LogP contribution in [0.3, 0.4) is 0 Å². The minimum Gasteiger partial charge on any atom is -0.462 e. The smallest absolute Gasteiger partial charge is 0.416 e. The maximum absolute atomic E-state index is 13.1. The SMILES string of the molecule is C=C(C)C#C[C@H](COCc1ccccc1)N1CC[C@@H](OC(C)=O)C[C@H]1c1ccc(C(F)(F)F)cc1. The molecule has 1 heterocycles. The molecule has 0 radical (unpaired) electrons. The normalized spacial score (nSPS) is 19.3. The van der Waals surface area contributed by atoms with E-state index in [0.29, 0.717) is 43.7 Å². The molecular formula is C28H30F3NO3. The van der Waals surface area contributed by atoms with E-state index in [4.69, 9.17) is 9.47 Å². The second-order valence-electron chi connectivity index (χ2n) is 8.70. The minimum absolute atomic E-state index is 0.292. The molecule has 1 aliphatic rings. The number of ether oxygens (including phenoxy) is 2. The molecule has 4 nitrogen and oxygen atoms in total. The minimum atomic E-state index is -4.41. The molecule has 3 rings (SSSR count). The summed E-state index contributed by atoms with van der Waals surface area (Å²) in [6, 6.07) is 14.3. The van der Waals surface area contributed by atoms with E-state index in [1.165, 1.54) is 19.1 Å². The zero-order valence-electron chi connectivity index (χ0n) is 20.0. The number of likely N-dealkylation sites (tertiary alicyclic amines) is 1. The number of nitrogens with zero attached hydrogens (tertiary/aromatic N) is 1. The number of alkyl halides is 3. The van der Waals surface area contributed by atoms with Gasteiger partial charge in [0.05, 0.1) is 24.8 Å². The maximum Gasteiger partial charge on any atom is 0.416 e. The van der Waals surface area contributed by atoms with E-state index >= 15 is 0 Å². The Morgan fingerprint density at radius 3 is 2.43 bits per heavy atom. The predicted molar refractivity (Wildman–Crippen MR) is 128 cm³/mol. The van der Waals surface area contributed by atoms with Gasteiger partial charge in [-0.05, 0) is 42.2 Å². The Kier molecular flexibility index (Phi) is 9.13. The van der Waals surface area contributed by atoms with Crippen molar-refractivity contribution in [3.05, 3.63) is 83.4 Å². The summed E-state index contributed by atoms with van der Waals surface area (Å²) in [5, 5.41) is 0. The van der Waals surface area contributed by atoms with E-state index in [2.05, 4.69) is 23.3 Å². The van der Waals surface area contributed by atoms with Gasteiger partial charge in [0.2, 0.25) is 0 Å². The van der Waals surface area contributed by atoms with E-state index in [1.807, 2.05) is 37.3 Å². The fraction of sp³-hybridized carbons (Fsp3) is 0.393. The summed E-state index contributed by atoms with van der Waals surface area (Å²) >= 11 is 0. The monoisotopic (exact) mass is 485 g/mol. The van der Waals surface area contributed by atoms with E-state index < -0.39 is 11.7 Å². The standard InChI is InChI=1S/C28H30F3NO3/c1-20(2)9-14-25(19-34-18-22-7-5-4-6-8-22)32-16-15-26(35-21(3)33)17-27(32)23-10-12-24(13-11-23)28(29,30)31/h4-8,10-13,25-27H,1,15-19H2,2-3H3/t25-,26-,27+/m1/s1. The van der Waals surface area contributed by atoms with E-state index in [-0.39, 0.29) is 24.2 Å². The first kappa shape index (κ1) is 26.5. The van der Waals surface area contributed by atoms with E-state index in [9.17, 15) is 18.0 Å². The molecule has 3 atom stereocenters. The Balaban J connectivity index is 1.86. The molecule has 35 heavy (non-hydrogen) atoms. The highest BCUT2D eigenvalue weighted by molar-refractivity contribution is 5.66. The molecular weight excluding hydrogens is 455 g/mol. The molecule has 2 aromatic carbocycles. The van der Waals surface area contributed by atoms with Crippen molar-refractivity contribution >= 4 is 5.97 Å². The van der Waals surface area contributed by atoms with Crippen LogP contribution in [0, 0.1) is 11.8 Å². The van der Waals surface area contributed by atoms with Gasteiger partial charge in [0, 0.05) is 25.9 Å². The molecule has 0 N–H and O–H groups in total. The summed E-state index contributed by atoms with van der Waals surface area (Å²) in [7, 11) is 0. The summed E-state index contributed by atoms with van der Waals surface area (Å²) in [4.78, 5) is 13.7. The summed E-state index contributed by atoms with van der Waals surface area (Å²) < 4.78 is 50.8. The molecule has 2 aromatic rings. The van der Waals surface area contributed by atoms with Crippen molar-refractivity contribution in [2.24, 2.45) is 0 Å². The van der Waals surface area contributed by atoms with E-state index in [1.54, 1.807) is 0 Å². The number of hydrogen-bond acceptors (Lipinski definition) is 4. The Morgan fingerprint density at radius 2 is 1.83 bits per heavy atom. The lowest BCUT2D eigenvalue weighted by atomic mass is 9.91. The quantitative estimate of drug-likeness (QED) is 0.360. The van der Waals surface area contributed by atoms with Crippen molar-refractivity contribution < 1.29 is 27.4 Å². The first-order chi connectivity index (χ1) is 16.6. The molecule has 1 aliphatic heterocycles. The third kappa shape index (κ3) is 7.98. The zero-order valence-corrected chi connectivity index (χ0v) is 20.0. The zero-order chi connectivity index (χ0) is 25.4. The lowest BCUT2D eigenvalue weighted by Crippen LogP contribution is -2.47. The molecule has 0 aliphatic carbocycles. The van der Waals surface area contributed by atoms with Crippen molar-refractivity contribution in [3.8, 4) is 11.8 Å². The van der Waals surface area contributed by atoms with Gasteiger partial charge in [-0.2, -0.15) is 13.2 Å². The molecule has 1 saturated heterocycles. The predicted octanol–water partition coefficient (Wildman–Crippen LogP) is 5.94. The van der Waals surface area contributed by atoms with Crippen LogP contribution in [0.25, 0.3) is 0 Å². The van der Waals surface area contributed by atoms with Crippen molar-refractivity contribution in [2.45, 2.75) is 57.7 Å². The summed E-state index contributed by atoms with van der Waals surface area (Å²) in [6.45, 7) is 8.31. The van der Waals surface area contributed by atoms with Gasteiger partial charge in [-0.1, -0.05) is 60.9 Å². The first-order valence-corrected chi connectivity index (χ1v) is 11.5. The highest BCUT2D eigenvalue weighted by Crippen LogP contribution is 2.36. The molecule has 0 saturated carbocycles. The molecule has 186 valence electrons. The van der Waals surface area contributed by atoms with Crippen LogP contribution in [0.4, 0.5) is 13.2 Å². The number of esters is 1. The van der Waals surface area contributed by atoms with Crippen LogP contribution < -0.4 is 0 Å². The van der Waals surface area contributed by atoms with Crippen LogP contribution in [-0.2, 0) is 27.1 Å². The maximum atomic E-state index is 13.1. The fourth-order valence-electron chi connectivity index (χ4n) is 4.18. The van der Waals surface area contributed by atoms with E-state index in [0.717, 1.165) is 17.7 Å². The van der Waals surface area contributed by atoms with Crippen LogP contribution >= 0.6 is 0 Å². The first-order valence-electron chi connectivity index (χ1n) is 11.5. The number of carbonyl (C=O) groups is 1. The Bertz CT molecular complexity index is 1050. The molecule has 0 spiro atoms. The topological polar surface area (TPSA) is 38.8 Å². The van der Waals surface area contributed by atoms with Gasteiger partial charge in [0.1, 0.15) is 6.10 Å². The third-order valence-corrected chi connectivity index (χ3v) is 5.79. The Labute approximate surface area is 204 Å². The van der Waals surface area contributed by atoms with Gasteiger partial charge < -0.3 is 9.47 Å². The molecule has 0 unspecified atom stereocenters. The number of allylic oxidation sites excluding steroid dienone is 1. The molecule has 1 fully saturated rings. The van der Waals surface area contributed by atoms with Crippen molar-refractivity contribution in [1.29, 1.82) is 0 Å². The van der Waals surface area contributed by atoms with Crippen LogP contribution in [0.2, 0.25) is 0 Å². The molecule has 0 bridgehead atoms. The average Bonchev–Trinajstić information content (AvgIpc) is 2.81. The average molecular weight is 486 g/mol. The number of benzene rings is 2. The molecule has 7 heteroatoms. The Hall–Kier alpha value is -3.08. The second kappa shape index (κ2) is 12.1. The van der Waals surface area contributed by atoms with Crippen molar-refractivity contribution in [3.63, 3.8) is 0 Å². The number of hydrogen-bond donors (Lipinski definition) is 0.